The molecule has 0 radical (unpaired) electrons. The van der Waals surface area contributed by atoms with Gasteiger partial charge in [0.2, 0.25) is 7.37 Å². The van der Waals surface area contributed by atoms with Crippen molar-refractivity contribution in [3.8, 4) is 0 Å². The summed E-state index contributed by atoms with van der Waals surface area (Å²) < 4.78 is 23.1. The van der Waals surface area contributed by atoms with Gasteiger partial charge < -0.3 is 19.7 Å². The van der Waals surface area contributed by atoms with Gasteiger partial charge in [0.05, 0.1) is 13.0 Å². The maximum absolute atomic E-state index is 13.1. The summed E-state index contributed by atoms with van der Waals surface area (Å²) in [6, 6.07) is 18.7. The van der Waals surface area contributed by atoms with Crippen molar-refractivity contribution in [3.63, 3.8) is 0 Å². The van der Waals surface area contributed by atoms with Crippen LogP contribution in [-0.2, 0) is 31.9 Å². The van der Waals surface area contributed by atoms with Crippen LogP contribution in [0.2, 0.25) is 0 Å². The van der Waals surface area contributed by atoms with Crippen molar-refractivity contribution < 1.29 is 28.5 Å². The molecule has 2 rings (SSSR count). The van der Waals surface area contributed by atoms with Gasteiger partial charge in [0.15, 0.2) is 0 Å². The Hall–Kier alpha value is -2.63. The zero-order valence-electron chi connectivity index (χ0n) is 17.9. The van der Waals surface area contributed by atoms with Gasteiger partial charge in [0, 0.05) is 6.16 Å². The molecule has 7 nitrogen and oxygen atoms in total. The minimum absolute atomic E-state index is 0.0562. The van der Waals surface area contributed by atoms with E-state index in [0.29, 0.717) is 12.8 Å². The first-order valence-electron chi connectivity index (χ1n) is 10.3. The number of esters is 1. The summed E-state index contributed by atoms with van der Waals surface area (Å²) in [5.74, 6) is -2.30. The second-order valence-corrected chi connectivity index (χ2v) is 9.81. The van der Waals surface area contributed by atoms with E-state index in [1.165, 1.54) is 7.11 Å². The Morgan fingerprint density at radius 1 is 1.03 bits per heavy atom. The minimum atomic E-state index is -3.91. The van der Waals surface area contributed by atoms with E-state index < -0.39 is 31.1 Å². The van der Waals surface area contributed by atoms with Crippen molar-refractivity contribution in [1.29, 1.82) is 0 Å². The highest BCUT2D eigenvalue weighted by atomic mass is 31.2. The third-order valence-corrected chi connectivity index (χ3v) is 7.44. The molecule has 0 aromatic heterocycles. The van der Waals surface area contributed by atoms with E-state index in [-0.39, 0.29) is 19.2 Å². The number of aryl methyl sites for hydroxylation is 1. The van der Waals surface area contributed by atoms with Gasteiger partial charge in [0.1, 0.15) is 12.4 Å². The molecule has 3 atom stereocenters. The molecule has 2 N–H and O–H groups in total. The normalized spacial score (nSPS) is 14.7. The van der Waals surface area contributed by atoms with Crippen molar-refractivity contribution in [2.24, 2.45) is 5.92 Å². The van der Waals surface area contributed by atoms with Crippen molar-refractivity contribution >= 4 is 19.4 Å². The van der Waals surface area contributed by atoms with Crippen LogP contribution in [0.5, 0.6) is 0 Å². The summed E-state index contributed by atoms with van der Waals surface area (Å²) in [6.07, 6.45) is 0.120. The van der Waals surface area contributed by atoms with Gasteiger partial charge in [-0.2, -0.15) is 0 Å². The maximum Gasteiger partial charge on any atom is 0.408 e. The molecule has 2 aromatic rings. The van der Waals surface area contributed by atoms with Crippen LogP contribution in [0.4, 0.5) is 4.79 Å². The lowest BCUT2D eigenvalue weighted by atomic mass is 10.0. The second-order valence-electron chi connectivity index (χ2n) is 7.31. The molecule has 0 saturated heterocycles. The minimum Gasteiger partial charge on any atom is -0.469 e. The van der Waals surface area contributed by atoms with Gasteiger partial charge in [-0.1, -0.05) is 67.6 Å². The Labute approximate surface area is 183 Å². The quantitative estimate of drug-likeness (QED) is 0.392. The SMILES string of the molecule is CCC(NC(=O)OCc1ccccc1)P(=O)(O)CC(CCc1ccccc1)C(=O)OC. The van der Waals surface area contributed by atoms with E-state index >= 15 is 0 Å². The van der Waals surface area contributed by atoms with E-state index in [2.05, 4.69) is 5.32 Å². The molecule has 31 heavy (non-hydrogen) atoms. The monoisotopic (exact) mass is 447 g/mol. The first kappa shape index (κ1) is 24.6. The van der Waals surface area contributed by atoms with Crippen molar-refractivity contribution in [2.75, 3.05) is 13.3 Å². The van der Waals surface area contributed by atoms with E-state index in [0.717, 1.165) is 11.1 Å². The van der Waals surface area contributed by atoms with Gasteiger partial charge in [0.25, 0.3) is 0 Å². The van der Waals surface area contributed by atoms with Gasteiger partial charge in [-0.3, -0.25) is 9.36 Å². The zero-order chi connectivity index (χ0) is 22.7. The van der Waals surface area contributed by atoms with Crippen LogP contribution in [0.3, 0.4) is 0 Å². The number of benzene rings is 2. The van der Waals surface area contributed by atoms with Crippen LogP contribution in [0.25, 0.3) is 0 Å². The number of methoxy groups -OCH3 is 1. The topological polar surface area (TPSA) is 102 Å². The standard InChI is InChI=1S/C23H30NO6P/c1-3-21(24-23(26)30-16-19-12-8-5-9-13-19)31(27,28)17-20(22(25)29-2)15-14-18-10-6-4-7-11-18/h4-13,20-21H,3,14-17H2,1-2H3,(H,24,26)(H,27,28). The average Bonchev–Trinajstić information content (AvgIpc) is 2.79. The lowest BCUT2D eigenvalue weighted by molar-refractivity contribution is -0.144. The number of amides is 1. The van der Waals surface area contributed by atoms with Crippen molar-refractivity contribution in [1.82, 2.24) is 5.32 Å². The molecule has 3 unspecified atom stereocenters. The third kappa shape index (κ3) is 8.19. The molecule has 0 aliphatic carbocycles. The second kappa shape index (κ2) is 12.3. The molecule has 1 amide bonds. The zero-order valence-corrected chi connectivity index (χ0v) is 18.8. The number of ether oxygens (including phenoxy) is 2. The van der Waals surface area contributed by atoms with Gasteiger partial charge in [-0.25, -0.2) is 4.79 Å². The molecule has 0 bridgehead atoms. The number of hydrogen-bond donors (Lipinski definition) is 2. The Bertz CT molecular complexity index is 874. The lowest BCUT2D eigenvalue weighted by Crippen LogP contribution is -2.36. The fourth-order valence-electron chi connectivity index (χ4n) is 3.27. The van der Waals surface area contributed by atoms with Crippen LogP contribution >= 0.6 is 7.37 Å². The summed E-state index contributed by atoms with van der Waals surface area (Å²) in [6.45, 7) is 1.75. The van der Waals surface area contributed by atoms with E-state index in [1.807, 2.05) is 60.7 Å². The number of alkyl carbamates (subject to hydrolysis) is 1. The van der Waals surface area contributed by atoms with E-state index in [4.69, 9.17) is 9.47 Å². The fourth-order valence-corrected chi connectivity index (χ4v) is 5.36. The smallest absolute Gasteiger partial charge is 0.408 e. The molecule has 0 spiro atoms. The molecule has 0 heterocycles. The molecule has 2 aromatic carbocycles. The Morgan fingerprint density at radius 3 is 2.16 bits per heavy atom. The van der Waals surface area contributed by atoms with Crippen LogP contribution in [0.15, 0.2) is 60.7 Å². The molecule has 0 saturated carbocycles. The highest BCUT2D eigenvalue weighted by Gasteiger charge is 2.36. The lowest BCUT2D eigenvalue weighted by Gasteiger charge is -2.25. The van der Waals surface area contributed by atoms with Crippen molar-refractivity contribution in [3.05, 3.63) is 71.8 Å². The predicted octanol–water partition coefficient (Wildman–Crippen LogP) is 4.34. The summed E-state index contributed by atoms with van der Waals surface area (Å²) in [7, 11) is -2.65. The molecule has 8 heteroatoms. The molecule has 0 aliphatic heterocycles. The molecule has 0 aliphatic rings. The summed E-state index contributed by atoms with van der Waals surface area (Å²) in [5.41, 5.74) is 1.84. The highest BCUT2D eigenvalue weighted by molar-refractivity contribution is 7.58. The number of rotatable bonds is 11. The predicted molar refractivity (Wildman–Crippen MR) is 119 cm³/mol. The molecular weight excluding hydrogens is 417 g/mol. The first-order chi connectivity index (χ1) is 14.9. The number of hydrogen-bond acceptors (Lipinski definition) is 5. The Morgan fingerprint density at radius 2 is 1.61 bits per heavy atom. The molecule has 168 valence electrons. The fraction of sp³-hybridized carbons (Fsp3) is 0.391. The van der Waals surface area contributed by atoms with Crippen LogP contribution in [0.1, 0.15) is 30.9 Å². The van der Waals surface area contributed by atoms with Gasteiger partial charge in [-0.05, 0) is 30.4 Å². The van der Waals surface area contributed by atoms with Crippen LogP contribution in [-0.4, -0.2) is 36.0 Å². The Balaban J connectivity index is 1.97. The summed E-state index contributed by atoms with van der Waals surface area (Å²) >= 11 is 0. The first-order valence-corrected chi connectivity index (χ1v) is 12.2. The molecular formula is C23H30NO6P. The van der Waals surface area contributed by atoms with Gasteiger partial charge in [-0.15, -0.1) is 0 Å². The van der Waals surface area contributed by atoms with Crippen LogP contribution < -0.4 is 5.32 Å². The third-order valence-electron chi connectivity index (χ3n) is 5.01. The van der Waals surface area contributed by atoms with E-state index in [9.17, 15) is 19.0 Å². The number of carbonyl (C=O) groups excluding carboxylic acids is 2. The summed E-state index contributed by atoms with van der Waals surface area (Å²) in [5, 5.41) is 2.49. The number of carbonyl (C=O) groups is 2. The largest absolute Gasteiger partial charge is 0.469 e. The Kier molecular flexibility index (Phi) is 9.76. The molecule has 0 fully saturated rings. The number of nitrogens with one attached hydrogen (secondary N) is 1. The van der Waals surface area contributed by atoms with Crippen LogP contribution in [0, 0.1) is 5.92 Å². The summed E-state index contributed by atoms with van der Waals surface area (Å²) in [4.78, 5) is 35.1. The van der Waals surface area contributed by atoms with Crippen molar-refractivity contribution in [2.45, 2.75) is 38.6 Å². The van der Waals surface area contributed by atoms with Gasteiger partial charge >= 0.3 is 12.1 Å². The average molecular weight is 447 g/mol. The highest BCUT2D eigenvalue weighted by Crippen LogP contribution is 2.48. The van der Waals surface area contributed by atoms with E-state index in [1.54, 1.807) is 6.92 Å². The maximum atomic E-state index is 13.1.